The van der Waals surface area contributed by atoms with E-state index in [1.807, 2.05) is 0 Å². The lowest BCUT2D eigenvalue weighted by molar-refractivity contribution is 0.145. The summed E-state index contributed by atoms with van der Waals surface area (Å²) in [5, 5.41) is 0. The van der Waals surface area contributed by atoms with Crippen molar-refractivity contribution in [2.24, 2.45) is 5.73 Å². The molecule has 0 spiro atoms. The molecule has 0 fully saturated rings. The SMILES string of the molecule is COc1ccc(F)c(CN)c1C(F)F. The Kier molecular flexibility index (Phi) is 3.35. The summed E-state index contributed by atoms with van der Waals surface area (Å²) in [5.74, 6) is -0.773. The molecule has 0 saturated heterocycles. The van der Waals surface area contributed by atoms with Gasteiger partial charge in [-0.05, 0) is 12.1 Å². The highest BCUT2D eigenvalue weighted by molar-refractivity contribution is 5.42. The lowest BCUT2D eigenvalue weighted by Gasteiger charge is -2.12. The molecular weight excluding hydrogens is 195 g/mol. The van der Waals surface area contributed by atoms with Crippen LogP contribution in [0.5, 0.6) is 5.75 Å². The van der Waals surface area contributed by atoms with Crippen molar-refractivity contribution >= 4 is 0 Å². The molecule has 0 saturated carbocycles. The first-order chi connectivity index (χ1) is 6.61. The Bertz CT molecular complexity index is 328. The van der Waals surface area contributed by atoms with Crippen LogP contribution in [0.15, 0.2) is 12.1 Å². The summed E-state index contributed by atoms with van der Waals surface area (Å²) in [4.78, 5) is 0. The molecule has 14 heavy (non-hydrogen) atoms. The minimum atomic E-state index is -2.79. The van der Waals surface area contributed by atoms with Gasteiger partial charge in [-0.3, -0.25) is 0 Å². The van der Waals surface area contributed by atoms with Crippen molar-refractivity contribution in [3.05, 3.63) is 29.1 Å². The van der Waals surface area contributed by atoms with E-state index < -0.39 is 17.8 Å². The molecule has 0 aromatic heterocycles. The molecular formula is C9H10F3NO. The fourth-order valence-electron chi connectivity index (χ4n) is 1.24. The Morgan fingerprint density at radius 2 is 2.07 bits per heavy atom. The number of rotatable bonds is 3. The van der Waals surface area contributed by atoms with Gasteiger partial charge in [0.15, 0.2) is 0 Å². The van der Waals surface area contributed by atoms with Crippen molar-refractivity contribution in [2.75, 3.05) is 7.11 Å². The van der Waals surface area contributed by atoms with E-state index in [-0.39, 0.29) is 17.9 Å². The first kappa shape index (κ1) is 10.8. The molecule has 1 rings (SSSR count). The third-order valence-electron chi connectivity index (χ3n) is 1.90. The van der Waals surface area contributed by atoms with Crippen molar-refractivity contribution < 1.29 is 17.9 Å². The molecule has 0 radical (unpaired) electrons. The molecule has 0 heterocycles. The number of benzene rings is 1. The molecule has 78 valence electrons. The summed E-state index contributed by atoms with van der Waals surface area (Å²) in [5.41, 5.74) is 4.53. The van der Waals surface area contributed by atoms with Gasteiger partial charge in [0.1, 0.15) is 11.6 Å². The van der Waals surface area contributed by atoms with Crippen molar-refractivity contribution in [1.82, 2.24) is 0 Å². The van der Waals surface area contributed by atoms with Crippen LogP contribution in [-0.2, 0) is 6.54 Å². The minimum Gasteiger partial charge on any atom is -0.496 e. The average molecular weight is 205 g/mol. The lowest BCUT2D eigenvalue weighted by atomic mass is 10.1. The summed E-state index contributed by atoms with van der Waals surface area (Å²) >= 11 is 0. The third-order valence-corrected chi connectivity index (χ3v) is 1.90. The van der Waals surface area contributed by atoms with Gasteiger partial charge in [0.25, 0.3) is 6.43 Å². The number of halogens is 3. The van der Waals surface area contributed by atoms with E-state index in [9.17, 15) is 13.2 Å². The largest absolute Gasteiger partial charge is 0.496 e. The maximum absolute atomic E-state index is 13.1. The smallest absolute Gasteiger partial charge is 0.267 e. The van der Waals surface area contributed by atoms with E-state index in [1.165, 1.54) is 7.11 Å². The molecule has 2 nitrogen and oxygen atoms in total. The van der Waals surface area contributed by atoms with Crippen LogP contribution in [0.25, 0.3) is 0 Å². The van der Waals surface area contributed by atoms with E-state index >= 15 is 0 Å². The third kappa shape index (κ3) is 1.82. The number of alkyl halides is 2. The van der Waals surface area contributed by atoms with Gasteiger partial charge < -0.3 is 10.5 Å². The van der Waals surface area contributed by atoms with Crippen LogP contribution in [0, 0.1) is 5.82 Å². The van der Waals surface area contributed by atoms with E-state index in [2.05, 4.69) is 0 Å². The molecule has 1 aromatic carbocycles. The number of methoxy groups -OCH3 is 1. The Morgan fingerprint density at radius 1 is 1.43 bits per heavy atom. The molecule has 0 amide bonds. The second-order valence-corrected chi connectivity index (χ2v) is 2.65. The second-order valence-electron chi connectivity index (χ2n) is 2.65. The first-order valence-corrected chi connectivity index (χ1v) is 3.95. The highest BCUT2D eigenvalue weighted by atomic mass is 19.3. The second kappa shape index (κ2) is 4.32. The van der Waals surface area contributed by atoms with Crippen molar-refractivity contribution in [3.63, 3.8) is 0 Å². The van der Waals surface area contributed by atoms with Crippen LogP contribution in [0.3, 0.4) is 0 Å². The molecule has 2 N–H and O–H groups in total. The molecule has 0 aliphatic rings. The Morgan fingerprint density at radius 3 is 2.50 bits per heavy atom. The highest BCUT2D eigenvalue weighted by Crippen LogP contribution is 2.33. The van der Waals surface area contributed by atoms with Crippen LogP contribution < -0.4 is 10.5 Å². The fourth-order valence-corrected chi connectivity index (χ4v) is 1.24. The van der Waals surface area contributed by atoms with Crippen LogP contribution in [-0.4, -0.2) is 7.11 Å². The molecule has 0 unspecified atom stereocenters. The Balaban J connectivity index is 3.36. The highest BCUT2D eigenvalue weighted by Gasteiger charge is 2.20. The predicted molar refractivity (Wildman–Crippen MR) is 45.8 cm³/mol. The fraction of sp³-hybridized carbons (Fsp3) is 0.333. The number of hydrogen-bond acceptors (Lipinski definition) is 2. The number of hydrogen-bond donors (Lipinski definition) is 1. The van der Waals surface area contributed by atoms with Crippen molar-refractivity contribution in [3.8, 4) is 5.75 Å². The zero-order valence-electron chi connectivity index (χ0n) is 7.56. The van der Waals surface area contributed by atoms with Gasteiger partial charge in [0.05, 0.1) is 12.7 Å². The summed E-state index contributed by atoms with van der Waals surface area (Å²) in [6, 6.07) is 2.23. The van der Waals surface area contributed by atoms with E-state index in [4.69, 9.17) is 10.5 Å². The average Bonchev–Trinajstić information content (AvgIpc) is 2.17. The zero-order valence-corrected chi connectivity index (χ0v) is 7.56. The summed E-state index contributed by atoms with van der Waals surface area (Å²) in [7, 11) is 1.25. The molecule has 0 atom stereocenters. The zero-order chi connectivity index (χ0) is 10.7. The van der Waals surface area contributed by atoms with Gasteiger partial charge in [0, 0.05) is 12.1 Å². The number of nitrogens with two attached hydrogens (primary N) is 1. The molecule has 5 heteroatoms. The van der Waals surface area contributed by atoms with E-state index in [0.717, 1.165) is 12.1 Å². The standard InChI is InChI=1S/C9H10F3NO/c1-14-7-3-2-6(10)5(4-13)8(7)9(11)12/h2-3,9H,4,13H2,1H3. The van der Waals surface area contributed by atoms with Crippen molar-refractivity contribution in [2.45, 2.75) is 13.0 Å². The summed E-state index contributed by atoms with van der Waals surface area (Å²) < 4.78 is 42.8. The summed E-state index contributed by atoms with van der Waals surface area (Å²) in [6.45, 7) is -0.275. The van der Waals surface area contributed by atoms with Gasteiger partial charge >= 0.3 is 0 Å². The molecule has 0 bridgehead atoms. The lowest BCUT2D eigenvalue weighted by Crippen LogP contribution is -2.07. The Labute approximate surface area is 79.5 Å². The molecule has 0 aliphatic heterocycles. The predicted octanol–water partition coefficient (Wildman–Crippen LogP) is 2.23. The summed E-state index contributed by atoms with van der Waals surface area (Å²) in [6.07, 6.45) is -2.79. The topological polar surface area (TPSA) is 35.2 Å². The molecule has 1 aromatic rings. The van der Waals surface area contributed by atoms with Crippen LogP contribution in [0.4, 0.5) is 13.2 Å². The van der Waals surface area contributed by atoms with E-state index in [1.54, 1.807) is 0 Å². The monoisotopic (exact) mass is 205 g/mol. The van der Waals surface area contributed by atoms with Gasteiger partial charge in [-0.2, -0.15) is 0 Å². The quantitative estimate of drug-likeness (QED) is 0.821. The van der Waals surface area contributed by atoms with Gasteiger partial charge in [-0.25, -0.2) is 13.2 Å². The molecule has 0 aliphatic carbocycles. The van der Waals surface area contributed by atoms with Gasteiger partial charge in [-0.1, -0.05) is 0 Å². The maximum Gasteiger partial charge on any atom is 0.267 e. The minimum absolute atomic E-state index is 0.0400. The number of ether oxygens (including phenoxy) is 1. The normalized spacial score (nSPS) is 10.7. The van der Waals surface area contributed by atoms with Gasteiger partial charge in [-0.15, -0.1) is 0 Å². The van der Waals surface area contributed by atoms with Crippen LogP contribution in [0.1, 0.15) is 17.6 Å². The Hall–Kier alpha value is -1.23. The van der Waals surface area contributed by atoms with Crippen LogP contribution >= 0.6 is 0 Å². The van der Waals surface area contributed by atoms with Crippen molar-refractivity contribution in [1.29, 1.82) is 0 Å². The van der Waals surface area contributed by atoms with Crippen LogP contribution in [0.2, 0.25) is 0 Å². The van der Waals surface area contributed by atoms with E-state index in [0.29, 0.717) is 0 Å². The maximum atomic E-state index is 13.1. The van der Waals surface area contributed by atoms with Gasteiger partial charge in [0.2, 0.25) is 0 Å². The first-order valence-electron chi connectivity index (χ1n) is 3.95.